The van der Waals surface area contributed by atoms with Gasteiger partial charge in [0.05, 0.1) is 12.0 Å². The molecular weight excluding hydrogens is 300 g/mol. The normalized spacial score (nSPS) is 19.6. The lowest BCUT2D eigenvalue weighted by Crippen LogP contribution is -2.51. The SMILES string of the molecule is O=C(CSC1CCCC1)N1CCN(C(=O)c2ccco2)CC1. The summed E-state index contributed by atoms with van der Waals surface area (Å²) in [5.41, 5.74) is 0. The molecule has 1 aromatic rings. The van der Waals surface area contributed by atoms with Crippen molar-refractivity contribution < 1.29 is 14.0 Å². The molecule has 22 heavy (non-hydrogen) atoms. The van der Waals surface area contributed by atoms with Gasteiger partial charge in [-0.25, -0.2) is 0 Å². The lowest BCUT2D eigenvalue weighted by molar-refractivity contribution is -0.129. The highest BCUT2D eigenvalue weighted by molar-refractivity contribution is 8.00. The summed E-state index contributed by atoms with van der Waals surface area (Å²) in [7, 11) is 0. The van der Waals surface area contributed by atoms with Gasteiger partial charge in [-0.15, -0.1) is 11.8 Å². The number of carbonyl (C=O) groups is 2. The second-order valence-corrected chi connectivity index (χ2v) is 7.16. The van der Waals surface area contributed by atoms with Crippen LogP contribution in [0.15, 0.2) is 22.8 Å². The van der Waals surface area contributed by atoms with Gasteiger partial charge in [-0.3, -0.25) is 9.59 Å². The Morgan fingerprint density at radius 2 is 1.82 bits per heavy atom. The molecule has 1 saturated heterocycles. The fourth-order valence-electron chi connectivity index (χ4n) is 3.05. The van der Waals surface area contributed by atoms with Crippen LogP contribution in [0.5, 0.6) is 0 Å². The van der Waals surface area contributed by atoms with Crippen molar-refractivity contribution >= 4 is 23.6 Å². The first kappa shape index (κ1) is 15.5. The van der Waals surface area contributed by atoms with E-state index in [-0.39, 0.29) is 11.8 Å². The lowest BCUT2D eigenvalue weighted by atomic mass is 10.3. The van der Waals surface area contributed by atoms with Gasteiger partial charge >= 0.3 is 0 Å². The van der Waals surface area contributed by atoms with E-state index < -0.39 is 0 Å². The van der Waals surface area contributed by atoms with Crippen molar-refractivity contribution in [3.8, 4) is 0 Å². The molecule has 5 nitrogen and oxygen atoms in total. The molecule has 2 aliphatic rings. The van der Waals surface area contributed by atoms with Crippen LogP contribution in [0.2, 0.25) is 0 Å². The van der Waals surface area contributed by atoms with Crippen molar-refractivity contribution in [3.05, 3.63) is 24.2 Å². The van der Waals surface area contributed by atoms with Crippen molar-refractivity contribution in [1.82, 2.24) is 9.80 Å². The smallest absolute Gasteiger partial charge is 0.289 e. The Morgan fingerprint density at radius 1 is 1.14 bits per heavy atom. The van der Waals surface area contributed by atoms with Crippen LogP contribution in [-0.4, -0.2) is 58.8 Å². The maximum Gasteiger partial charge on any atom is 0.289 e. The quantitative estimate of drug-likeness (QED) is 0.853. The summed E-state index contributed by atoms with van der Waals surface area (Å²) in [6.07, 6.45) is 6.62. The predicted molar refractivity (Wildman–Crippen MR) is 85.9 cm³/mol. The summed E-state index contributed by atoms with van der Waals surface area (Å²) < 4.78 is 5.14. The van der Waals surface area contributed by atoms with Crippen LogP contribution >= 0.6 is 11.8 Å². The highest BCUT2D eigenvalue weighted by atomic mass is 32.2. The number of rotatable bonds is 4. The first-order valence-electron chi connectivity index (χ1n) is 7.96. The molecule has 1 aliphatic heterocycles. The molecule has 6 heteroatoms. The molecule has 1 aliphatic carbocycles. The molecule has 120 valence electrons. The molecule has 0 unspecified atom stereocenters. The summed E-state index contributed by atoms with van der Waals surface area (Å²) in [6.45, 7) is 2.41. The van der Waals surface area contributed by atoms with Gasteiger partial charge in [-0.1, -0.05) is 12.8 Å². The zero-order valence-corrected chi connectivity index (χ0v) is 13.5. The van der Waals surface area contributed by atoms with E-state index in [9.17, 15) is 9.59 Å². The molecule has 1 saturated carbocycles. The molecule has 1 aromatic heterocycles. The predicted octanol–water partition coefficient (Wildman–Crippen LogP) is 2.24. The van der Waals surface area contributed by atoms with Crippen molar-refractivity contribution in [2.75, 3.05) is 31.9 Å². The van der Waals surface area contributed by atoms with Gasteiger partial charge in [0.1, 0.15) is 0 Å². The van der Waals surface area contributed by atoms with Crippen molar-refractivity contribution in [2.24, 2.45) is 0 Å². The van der Waals surface area contributed by atoms with Crippen molar-refractivity contribution in [2.45, 2.75) is 30.9 Å². The molecule has 0 N–H and O–H groups in total. The Kier molecular flexibility index (Phi) is 5.08. The first-order chi connectivity index (χ1) is 10.7. The van der Waals surface area contributed by atoms with Gasteiger partial charge in [-0.2, -0.15) is 0 Å². The second-order valence-electron chi connectivity index (χ2n) is 5.87. The Bertz CT molecular complexity index is 503. The largest absolute Gasteiger partial charge is 0.459 e. The molecule has 0 bridgehead atoms. The summed E-state index contributed by atoms with van der Waals surface area (Å²) in [5.74, 6) is 1.08. The number of amides is 2. The number of hydrogen-bond acceptors (Lipinski definition) is 4. The lowest BCUT2D eigenvalue weighted by Gasteiger charge is -2.34. The minimum absolute atomic E-state index is 0.0857. The van der Waals surface area contributed by atoms with E-state index in [0.717, 1.165) is 0 Å². The Hall–Kier alpha value is -1.43. The third-order valence-corrected chi connectivity index (χ3v) is 5.75. The maximum atomic E-state index is 12.2. The van der Waals surface area contributed by atoms with Crippen LogP contribution in [-0.2, 0) is 4.79 Å². The molecule has 0 aromatic carbocycles. The third-order valence-electron chi connectivity index (χ3n) is 4.40. The van der Waals surface area contributed by atoms with Gasteiger partial charge in [0.15, 0.2) is 5.76 Å². The highest BCUT2D eigenvalue weighted by Gasteiger charge is 2.26. The molecule has 3 rings (SSSR count). The number of thioether (sulfide) groups is 1. The second kappa shape index (κ2) is 7.22. The van der Waals surface area contributed by atoms with Gasteiger partial charge in [0.2, 0.25) is 5.91 Å². The first-order valence-corrected chi connectivity index (χ1v) is 9.01. The zero-order valence-electron chi connectivity index (χ0n) is 12.7. The van der Waals surface area contributed by atoms with E-state index >= 15 is 0 Å². The van der Waals surface area contributed by atoms with Gasteiger partial charge in [0, 0.05) is 31.4 Å². The third kappa shape index (κ3) is 3.66. The van der Waals surface area contributed by atoms with Crippen molar-refractivity contribution in [1.29, 1.82) is 0 Å². The minimum Gasteiger partial charge on any atom is -0.459 e. The van der Waals surface area contributed by atoms with E-state index in [1.807, 2.05) is 4.90 Å². The van der Waals surface area contributed by atoms with Crippen LogP contribution in [0.4, 0.5) is 0 Å². The van der Waals surface area contributed by atoms with E-state index in [0.29, 0.717) is 42.9 Å². The minimum atomic E-state index is -0.0857. The summed E-state index contributed by atoms with van der Waals surface area (Å²) in [5, 5.41) is 0.672. The van der Waals surface area contributed by atoms with Crippen LogP contribution < -0.4 is 0 Å². The zero-order chi connectivity index (χ0) is 15.4. The Labute approximate surface area is 135 Å². The summed E-state index contributed by atoms with van der Waals surface area (Å²) in [4.78, 5) is 28.0. The van der Waals surface area contributed by atoms with E-state index in [1.54, 1.807) is 28.8 Å². The Balaban J connectivity index is 1.42. The Morgan fingerprint density at radius 3 is 2.45 bits per heavy atom. The number of nitrogens with zero attached hydrogens (tertiary/aromatic N) is 2. The molecule has 0 spiro atoms. The average Bonchev–Trinajstić information content (AvgIpc) is 3.25. The maximum absolute atomic E-state index is 12.2. The number of piperazine rings is 1. The molecule has 0 atom stereocenters. The van der Waals surface area contributed by atoms with Crippen LogP contribution in [0.25, 0.3) is 0 Å². The number of carbonyl (C=O) groups excluding carboxylic acids is 2. The number of furan rings is 1. The van der Waals surface area contributed by atoms with Gasteiger partial charge in [-0.05, 0) is 25.0 Å². The standard InChI is InChI=1S/C16H22N2O3S/c19-15(12-22-13-4-1-2-5-13)17-7-9-18(10-8-17)16(20)14-6-3-11-21-14/h3,6,11,13H,1-2,4-5,7-10,12H2. The van der Waals surface area contributed by atoms with Crippen molar-refractivity contribution in [3.63, 3.8) is 0 Å². The molecule has 0 radical (unpaired) electrons. The summed E-state index contributed by atoms with van der Waals surface area (Å²) in [6, 6.07) is 3.39. The summed E-state index contributed by atoms with van der Waals surface area (Å²) >= 11 is 1.80. The van der Waals surface area contributed by atoms with Crippen LogP contribution in [0.3, 0.4) is 0 Å². The van der Waals surface area contributed by atoms with E-state index in [2.05, 4.69) is 0 Å². The van der Waals surface area contributed by atoms with E-state index in [1.165, 1.54) is 31.9 Å². The molecule has 2 heterocycles. The molecule has 2 fully saturated rings. The van der Waals surface area contributed by atoms with Gasteiger partial charge in [0.25, 0.3) is 5.91 Å². The average molecular weight is 322 g/mol. The highest BCUT2D eigenvalue weighted by Crippen LogP contribution is 2.29. The molecular formula is C16H22N2O3S. The van der Waals surface area contributed by atoms with Gasteiger partial charge < -0.3 is 14.2 Å². The van der Waals surface area contributed by atoms with Crippen LogP contribution in [0.1, 0.15) is 36.2 Å². The number of hydrogen-bond donors (Lipinski definition) is 0. The fraction of sp³-hybridized carbons (Fsp3) is 0.625. The topological polar surface area (TPSA) is 53.8 Å². The monoisotopic (exact) mass is 322 g/mol. The van der Waals surface area contributed by atoms with Crippen LogP contribution in [0, 0.1) is 0 Å². The fourth-order valence-corrected chi connectivity index (χ4v) is 4.28. The van der Waals surface area contributed by atoms with E-state index in [4.69, 9.17) is 4.42 Å². The molecule has 2 amide bonds.